The van der Waals surface area contributed by atoms with Gasteiger partial charge in [0.1, 0.15) is 40.6 Å². The van der Waals surface area contributed by atoms with E-state index in [0.29, 0.717) is 22.1 Å². The molecule has 0 bridgehead atoms. The highest BCUT2D eigenvalue weighted by molar-refractivity contribution is 9.10. The van der Waals surface area contributed by atoms with Gasteiger partial charge >= 0.3 is 0 Å². The summed E-state index contributed by atoms with van der Waals surface area (Å²) < 4.78 is 128. The molecule has 0 radical (unpaired) electrons. The molecule has 9 rings (SSSR count). The Morgan fingerprint density at radius 3 is 2.35 bits per heavy atom. The fourth-order valence-electron chi connectivity index (χ4n) is 9.06. The van der Waals surface area contributed by atoms with Crippen LogP contribution in [-0.4, -0.2) is 56.8 Å². The quantitative estimate of drug-likeness (QED) is 0.113. The van der Waals surface area contributed by atoms with Crippen molar-refractivity contribution >= 4 is 71.1 Å². The number of amides is 1. The van der Waals surface area contributed by atoms with Crippen molar-refractivity contribution in [2.24, 2.45) is 18.7 Å². The number of ether oxygens (including phenoxy) is 1. The molecule has 7 aromatic rings. The number of nitrogens with zero attached hydrogens (tertiary/aromatic N) is 7. The van der Waals surface area contributed by atoms with Crippen LogP contribution in [0, 0.1) is 17.6 Å². The van der Waals surface area contributed by atoms with Crippen molar-refractivity contribution in [2.45, 2.75) is 49.6 Å². The maximum absolute atomic E-state index is 16.3. The lowest BCUT2D eigenvalue weighted by Crippen LogP contribution is -2.39. The van der Waals surface area contributed by atoms with Crippen LogP contribution < -0.4 is 20.3 Å². The summed E-state index contributed by atoms with van der Waals surface area (Å²) in [6, 6.07) is 14.1. The van der Waals surface area contributed by atoms with Gasteiger partial charge in [-0.05, 0) is 94.3 Å². The molecule has 338 valence electrons. The second-order valence-corrected chi connectivity index (χ2v) is 19.2. The Labute approximate surface area is 378 Å². The fourth-order valence-corrected chi connectivity index (χ4v) is 10.6. The van der Waals surface area contributed by atoms with Gasteiger partial charge in [0.25, 0.3) is 17.9 Å². The summed E-state index contributed by atoms with van der Waals surface area (Å²) in [5, 5.41) is 8.49. The number of hydrogen-bond donors (Lipinski definition) is 1. The molecule has 22 heteroatoms. The third kappa shape index (κ3) is 7.40. The van der Waals surface area contributed by atoms with E-state index in [2.05, 4.69) is 26.1 Å². The Kier molecular flexibility index (Phi) is 10.8. The van der Waals surface area contributed by atoms with Gasteiger partial charge in [-0.25, -0.2) is 40.0 Å². The van der Waals surface area contributed by atoms with Crippen molar-refractivity contribution in [2.75, 3.05) is 17.7 Å². The van der Waals surface area contributed by atoms with Crippen LogP contribution in [0.15, 0.2) is 82.1 Å². The molecule has 2 N–H and O–H groups in total. The van der Waals surface area contributed by atoms with E-state index in [-0.39, 0.29) is 61.3 Å². The zero-order chi connectivity index (χ0) is 46.6. The number of anilines is 1. The van der Waals surface area contributed by atoms with Crippen LogP contribution in [0.2, 0.25) is 5.02 Å². The first-order chi connectivity index (χ1) is 30.7. The third-order valence-electron chi connectivity index (χ3n) is 11.9. The van der Waals surface area contributed by atoms with Crippen molar-refractivity contribution < 1.29 is 44.3 Å². The van der Waals surface area contributed by atoms with Gasteiger partial charge in [-0.15, -0.1) is 0 Å². The van der Waals surface area contributed by atoms with Crippen molar-refractivity contribution in [3.05, 3.63) is 138 Å². The van der Waals surface area contributed by atoms with Crippen LogP contribution in [0.3, 0.4) is 0 Å². The minimum atomic E-state index is -4.14. The van der Waals surface area contributed by atoms with E-state index >= 15 is 13.6 Å². The molecule has 2 aliphatic carbocycles. The summed E-state index contributed by atoms with van der Waals surface area (Å²) >= 11 is 10.3. The first-order valence-corrected chi connectivity index (χ1v) is 22.7. The number of rotatable bonds is 13. The molecule has 1 saturated carbocycles. The van der Waals surface area contributed by atoms with E-state index in [1.54, 1.807) is 30.3 Å². The Bertz CT molecular complexity index is 3270. The van der Waals surface area contributed by atoms with E-state index in [9.17, 15) is 30.8 Å². The van der Waals surface area contributed by atoms with E-state index in [1.165, 1.54) is 43.1 Å². The number of primary amides is 1. The number of sulfonamides is 1. The first kappa shape index (κ1) is 44.3. The van der Waals surface area contributed by atoms with Gasteiger partial charge in [-0.3, -0.25) is 18.8 Å². The second-order valence-electron chi connectivity index (χ2n) is 16.0. The van der Waals surface area contributed by atoms with Crippen LogP contribution in [0.25, 0.3) is 27.5 Å². The van der Waals surface area contributed by atoms with Crippen LogP contribution in [0.5, 0.6) is 5.75 Å². The topological polar surface area (TPSA) is 160 Å². The summed E-state index contributed by atoms with van der Waals surface area (Å²) in [7, 11) is -1.22. The third-order valence-corrected chi connectivity index (χ3v) is 14.0. The maximum Gasteiger partial charge on any atom is 0.293 e. The number of nitrogens with two attached hydrogens (primary N) is 1. The van der Waals surface area contributed by atoms with E-state index in [4.69, 9.17) is 27.1 Å². The van der Waals surface area contributed by atoms with Gasteiger partial charge in [-0.1, -0.05) is 29.8 Å². The predicted molar refractivity (Wildman–Crippen MR) is 231 cm³/mol. The highest BCUT2D eigenvalue weighted by atomic mass is 79.9. The highest BCUT2D eigenvalue weighted by Crippen LogP contribution is 2.68. The summed E-state index contributed by atoms with van der Waals surface area (Å²) in [6.07, 6.45) is -3.14. The molecule has 0 saturated heterocycles. The average molecular weight is 1000 g/mol. The van der Waals surface area contributed by atoms with Gasteiger partial charge in [0.2, 0.25) is 15.9 Å². The SMILES string of the molecule is COc1ccc(CN(c2nn(C)c3c(-n4c([C@@H](Cc5cc(F)cc(F)c5)C(C(N)=O)n5nc(C(F)F)c6c5C(F)(F)[C@@H]5C[C@H]65)nc5cccc(Br)c5c4=O)ccc(Cl)c23)S(C)(=O)=O)cc1. The molecule has 3 aromatic heterocycles. The largest absolute Gasteiger partial charge is 0.497 e. The van der Waals surface area contributed by atoms with Crippen LogP contribution >= 0.6 is 27.5 Å². The summed E-state index contributed by atoms with van der Waals surface area (Å²) in [4.78, 5) is 34.1. The predicted octanol–water partition coefficient (Wildman–Crippen LogP) is 8.34. The normalized spacial score (nSPS) is 17.4. The summed E-state index contributed by atoms with van der Waals surface area (Å²) in [5.74, 6) is -11.4. The van der Waals surface area contributed by atoms with Crippen LogP contribution in [0.1, 0.15) is 64.6 Å². The monoisotopic (exact) mass is 1000 g/mol. The van der Waals surface area contributed by atoms with E-state index < -0.39 is 98.5 Å². The lowest BCUT2D eigenvalue weighted by Gasteiger charge is -2.30. The van der Waals surface area contributed by atoms with E-state index in [1.807, 2.05) is 0 Å². The number of carbonyl (C=O) groups is 1. The number of carbonyl (C=O) groups excluding carboxylic acids is 1. The highest BCUT2D eigenvalue weighted by Gasteiger charge is 2.68. The number of aromatic nitrogens is 6. The molecule has 0 aliphatic heterocycles. The molecule has 1 unspecified atom stereocenters. The molecule has 1 fully saturated rings. The van der Waals surface area contributed by atoms with Crippen molar-refractivity contribution in [3.63, 3.8) is 0 Å². The molecule has 4 atom stereocenters. The standard InChI is InChI=1S/C43H34BrClF6N8O5S/c1-56-36-30(12-11-28(45)33(36)41(55-56)57(65(3,62)63)18-19-7-9-23(64-2)10-8-19)58-40(53-29-6-4-5-27(44)32(29)42(58)61)25(15-20-13-21(46)16-22(47)14-20)35(39(52)60)59-37-31(34(54-59)38(48)49)24-17-26(24)43(37,50)51/h4-14,16,24-26,35,38H,15,17-18H2,1-3H3,(H2,52,60)/t24-,25-,26+,35?/m0/s1. The van der Waals surface area contributed by atoms with Crippen molar-refractivity contribution in [3.8, 4) is 11.4 Å². The number of halogens is 8. The maximum atomic E-state index is 16.3. The molecular weight excluding hydrogens is 970 g/mol. The number of fused-ring (bicyclic) bond motifs is 5. The minimum Gasteiger partial charge on any atom is -0.497 e. The van der Waals surface area contributed by atoms with Gasteiger partial charge in [-0.2, -0.15) is 19.0 Å². The van der Waals surface area contributed by atoms with Gasteiger partial charge < -0.3 is 10.5 Å². The summed E-state index contributed by atoms with van der Waals surface area (Å²) in [5.41, 5.74) is 3.19. The Hall–Kier alpha value is -5.93. The average Bonchev–Trinajstić information content (AvgIpc) is 3.74. The second kappa shape index (κ2) is 15.9. The number of aryl methyl sites for hydroxylation is 1. The molecule has 1 amide bonds. The molecular formula is C43H34BrClF6N8O5S. The Morgan fingerprint density at radius 2 is 1.72 bits per heavy atom. The van der Waals surface area contributed by atoms with Gasteiger partial charge in [0.05, 0.1) is 58.3 Å². The zero-order valence-corrected chi connectivity index (χ0v) is 37.3. The minimum absolute atomic E-state index is 0.00143. The molecule has 65 heavy (non-hydrogen) atoms. The number of hydrogen-bond acceptors (Lipinski definition) is 8. The number of benzene rings is 4. The van der Waals surface area contributed by atoms with E-state index in [0.717, 1.165) is 27.3 Å². The molecule has 3 heterocycles. The van der Waals surface area contributed by atoms with Gasteiger partial charge in [0.15, 0.2) is 5.82 Å². The van der Waals surface area contributed by atoms with Crippen LogP contribution in [0.4, 0.5) is 32.2 Å². The molecule has 13 nitrogen and oxygen atoms in total. The fraction of sp³-hybridized carbons (Fsp3) is 0.279. The number of alkyl halides is 4. The Balaban J connectivity index is 1.35. The van der Waals surface area contributed by atoms with Crippen LogP contribution in [-0.2, 0) is 40.8 Å². The lowest BCUT2D eigenvalue weighted by molar-refractivity contribution is -0.122. The first-order valence-electron chi connectivity index (χ1n) is 19.7. The number of methoxy groups -OCH3 is 1. The summed E-state index contributed by atoms with van der Waals surface area (Å²) in [6.45, 7) is -0.237. The molecule has 0 spiro atoms. The van der Waals surface area contributed by atoms with Crippen molar-refractivity contribution in [1.82, 2.24) is 29.1 Å². The van der Waals surface area contributed by atoms with Gasteiger partial charge in [0, 0.05) is 29.1 Å². The molecule has 4 aromatic carbocycles. The zero-order valence-electron chi connectivity index (χ0n) is 34.1. The van der Waals surface area contributed by atoms with Crippen molar-refractivity contribution in [1.29, 1.82) is 0 Å². The lowest BCUT2D eigenvalue weighted by atomic mass is 9.89. The Morgan fingerprint density at radius 1 is 1.03 bits per heavy atom. The smallest absolute Gasteiger partial charge is 0.293 e. The molecule has 2 aliphatic rings.